The van der Waals surface area contributed by atoms with Crippen molar-refractivity contribution in [2.75, 3.05) is 13.2 Å². The number of nitrogens with zero attached hydrogens (tertiary/aromatic N) is 1. The lowest BCUT2D eigenvalue weighted by atomic mass is 9.97. The van der Waals surface area contributed by atoms with Gasteiger partial charge in [-0.3, -0.25) is 0 Å². The molecule has 82 valence electrons. The SMILES string of the molecule is O=C(O)c1cc(CC2CCCOC2)on1. The topological polar surface area (TPSA) is 72.6 Å². The van der Waals surface area contributed by atoms with Crippen molar-refractivity contribution in [1.82, 2.24) is 5.16 Å². The number of ether oxygens (including phenoxy) is 1. The van der Waals surface area contributed by atoms with Crippen molar-refractivity contribution in [3.8, 4) is 0 Å². The van der Waals surface area contributed by atoms with Crippen molar-refractivity contribution >= 4 is 5.97 Å². The average molecular weight is 211 g/mol. The Hall–Kier alpha value is -1.36. The molecule has 0 aliphatic carbocycles. The third-order valence-corrected chi connectivity index (χ3v) is 2.52. The monoisotopic (exact) mass is 211 g/mol. The molecule has 1 aliphatic rings. The molecule has 1 aromatic heterocycles. The highest BCUT2D eigenvalue weighted by molar-refractivity contribution is 5.85. The summed E-state index contributed by atoms with van der Waals surface area (Å²) in [5, 5.41) is 12.1. The molecule has 5 heteroatoms. The lowest BCUT2D eigenvalue weighted by Crippen LogP contribution is -2.18. The zero-order valence-corrected chi connectivity index (χ0v) is 8.31. The summed E-state index contributed by atoms with van der Waals surface area (Å²) in [5.74, 6) is 0.00105. The minimum atomic E-state index is -1.05. The Morgan fingerprint density at radius 3 is 3.13 bits per heavy atom. The molecule has 1 fully saturated rings. The Balaban J connectivity index is 1.94. The maximum absolute atomic E-state index is 10.6. The molecule has 0 radical (unpaired) electrons. The first-order valence-corrected chi connectivity index (χ1v) is 5.02. The standard InChI is InChI=1S/C10H13NO4/c12-10(13)9-5-8(15-11-9)4-7-2-1-3-14-6-7/h5,7H,1-4,6H2,(H,12,13). The van der Waals surface area contributed by atoms with Crippen LogP contribution in [0.3, 0.4) is 0 Å². The van der Waals surface area contributed by atoms with Gasteiger partial charge in [0.25, 0.3) is 0 Å². The van der Waals surface area contributed by atoms with Gasteiger partial charge in [0.15, 0.2) is 5.69 Å². The van der Waals surface area contributed by atoms with E-state index in [9.17, 15) is 4.79 Å². The van der Waals surface area contributed by atoms with Gasteiger partial charge in [0.05, 0.1) is 0 Å². The molecular formula is C10H13NO4. The smallest absolute Gasteiger partial charge is 0.358 e. The van der Waals surface area contributed by atoms with Crippen LogP contribution in [0.5, 0.6) is 0 Å². The molecule has 2 rings (SSSR count). The zero-order valence-electron chi connectivity index (χ0n) is 8.31. The van der Waals surface area contributed by atoms with E-state index in [1.54, 1.807) is 0 Å². The van der Waals surface area contributed by atoms with E-state index in [2.05, 4.69) is 5.16 Å². The molecular weight excluding hydrogens is 198 g/mol. The second kappa shape index (κ2) is 4.44. The van der Waals surface area contributed by atoms with Gasteiger partial charge in [0.1, 0.15) is 5.76 Å². The third kappa shape index (κ3) is 2.56. The largest absolute Gasteiger partial charge is 0.476 e. The van der Waals surface area contributed by atoms with E-state index in [-0.39, 0.29) is 5.69 Å². The normalized spacial score (nSPS) is 21.5. The molecule has 1 aromatic rings. The summed E-state index contributed by atoms with van der Waals surface area (Å²) in [7, 11) is 0. The molecule has 1 unspecified atom stereocenters. The quantitative estimate of drug-likeness (QED) is 0.816. The van der Waals surface area contributed by atoms with Crippen LogP contribution in [0.1, 0.15) is 29.1 Å². The van der Waals surface area contributed by atoms with Crippen molar-refractivity contribution in [2.45, 2.75) is 19.3 Å². The Morgan fingerprint density at radius 2 is 2.53 bits per heavy atom. The van der Waals surface area contributed by atoms with E-state index in [4.69, 9.17) is 14.4 Å². The number of hydrogen-bond acceptors (Lipinski definition) is 4. The highest BCUT2D eigenvalue weighted by Crippen LogP contribution is 2.19. The fraction of sp³-hybridized carbons (Fsp3) is 0.600. The first kappa shape index (κ1) is 10.2. The van der Waals surface area contributed by atoms with Gasteiger partial charge in [-0.25, -0.2) is 4.79 Å². The van der Waals surface area contributed by atoms with Crippen molar-refractivity contribution in [2.24, 2.45) is 5.92 Å². The van der Waals surface area contributed by atoms with Gasteiger partial charge in [0, 0.05) is 25.7 Å². The Morgan fingerprint density at radius 1 is 1.67 bits per heavy atom. The predicted octanol–water partition coefficient (Wildman–Crippen LogP) is 1.34. The molecule has 0 aromatic carbocycles. The average Bonchev–Trinajstić information content (AvgIpc) is 2.68. The van der Waals surface area contributed by atoms with Gasteiger partial charge in [-0.1, -0.05) is 5.16 Å². The van der Waals surface area contributed by atoms with Gasteiger partial charge in [-0.2, -0.15) is 0 Å². The first-order chi connectivity index (χ1) is 7.25. The van der Waals surface area contributed by atoms with Crippen molar-refractivity contribution in [3.05, 3.63) is 17.5 Å². The van der Waals surface area contributed by atoms with Crippen molar-refractivity contribution < 1.29 is 19.2 Å². The van der Waals surface area contributed by atoms with Gasteiger partial charge in [-0.15, -0.1) is 0 Å². The highest BCUT2D eigenvalue weighted by Gasteiger charge is 2.18. The molecule has 0 saturated carbocycles. The second-order valence-electron chi connectivity index (χ2n) is 3.77. The molecule has 1 atom stereocenters. The van der Waals surface area contributed by atoms with Gasteiger partial charge in [-0.05, 0) is 18.8 Å². The Kier molecular flexibility index (Phi) is 3.01. The predicted molar refractivity (Wildman–Crippen MR) is 50.7 cm³/mol. The molecule has 0 spiro atoms. The van der Waals surface area contributed by atoms with E-state index in [0.29, 0.717) is 18.1 Å². The molecule has 0 bridgehead atoms. The summed E-state index contributed by atoms with van der Waals surface area (Å²) in [4.78, 5) is 10.6. The molecule has 0 amide bonds. The van der Waals surface area contributed by atoms with E-state index >= 15 is 0 Å². The van der Waals surface area contributed by atoms with Crippen LogP contribution >= 0.6 is 0 Å². The van der Waals surface area contributed by atoms with Crippen LogP contribution < -0.4 is 0 Å². The summed E-state index contributed by atoms with van der Waals surface area (Å²) < 4.78 is 10.3. The molecule has 15 heavy (non-hydrogen) atoms. The molecule has 2 heterocycles. The number of carbonyl (C=O) groups is 1. The summed E-state index contributed by atoms with van der Waals surface area (Å²) in [6.45, 7) is 1.55. The Labute approximate surface area is 87.0 Å². The maximum Gasteiger partial charge on any atom is 0.358 e. The fourth-order valence-corrected chi connectivity index (χ4v) is 1.76. The van der Waals surface area contributed by atoms with E-state index in [1.807, 2.05) is 0 Å². The third-order valence-electron chi connectivity index (χ3n) is 2.52. The minimum absolute atomic E-state index is 0.0262. The number of aromatic nitrogens is 1. The molecule has 1 saturated heterocycles. The number of rotatable bonds is 3. The number of hydrogen-bond donors (Lipinski definition) is 1. The van der Waals surface area contributed by atoms with Crippen LogP contribution in [-0.4, -0.2) is 29.4 Å². The second-order valence-corrected chi connectivity index (χ2v) is 3.77. The van der Waals surface area contributed by atoms with Crippen LogP contribution in [0.15, 0.2) is 10.6 Å². The lowest BCUT2D eigenvalue weighted by molar-refractivity contribution is 0.0525. The van der Waals surface area contributed by atoms with Gasteiger partial charge < -0.3 is 14.4 Å². The highest BCUT2D eigenvalue weighted by atomic mass is 16.5. The summed E-state index contributed by atoms with van der Waals surface area (Å²) in [6, 6.07) is 1.48. The van der Waals surface area contributed by atoms with Crippen LogP contribution in [0.4, 0.5) is 0 Å². The first-order valence-electron chi connectivity index (χ1n) is 5.02. The number of aromatic carboxylic acids is 1. The van der Waals surface area contributed by atoms with Gasteiger partial charge >= 0.3 is 5.97 Å². The van der Waals surface area contributed by atoms with Crippen LogP contribution in [0.2, 0.25) is 0 Å². The van der Waals surface area contributed by atoms with Crippen LogP contribution in [0, 0.1) is 5.92 Å². The molecule has 5 nitrogen and oxygen atoms in total. The number of carboxylic acids is 1. The lowest BCUT2D eigenvalue weighted by Gasteiger charge is -2.20. The molecule has 1 aliphatic heterocycles. The van der Waals surface area contributed by atoms with Crippen LogP contribution in [0.25, 0.3) is 0 Å². The van der Waals surface area contributed by atoms with Crippen molar-refractivity contribution in [3.63, 3.8) is 0 Å². The maximum atomic E-state index is 10.6. The number of carboxylic acid groups (broad SMARTS) is 1. The summed E-state index contributed by atoms with van der Waals surface area (Å²) in [5.41, 5.74) is -0.0262. The van der Waals surface area contributed by atoms with Gasteiger partial charge in [0.2, 0.25) is 0 Å². The molecule has 1 N–H and O–H groups in total. The zero-order chi connectivity index (χ0) is 10.7. The van der Waals surface area contributed by atoms with E-state index in [0.717, 1.165) is 26.1 Å². The van der Waals surface area contributed by atoms with Crippen LogP contribution in [-0.2, 0) is 11.2 Å². The fourth-order valence-electron chi connectivity index (χ4n) is 1.76. The van der Waals surface area contributed by atoms with Crippen molar-refractivity contribution in [1.29, 1.82) is 0 Å². The van der Waals surface area contributed by atoms with E-state index in [1.165, 1.54) is 6.07 Å². The van der Waals surface area contributed by atoms with E-state index < -0.39 is 5.97 Å². The minimum Gasteiger partial charge on any atom is -0.476 e. The Bertz CT molecular complexity index is 341. The summed E-state index contributed by atoms with van der Waals surface area (Å²) >= 11 is 0. The summed E-state index contributed by atoms with van der Waals surface area (Å²) in [6.07, 6.45) is 2.87.